The summed E-state index contributed by atoms with van der Waals surface area (Å²) in [6.07, 6.45) is 1.79. The zero-order valence-electron chi connectivity index (χ0n) is 14.6. The monoisotopic (exact) mass is 333 g/mol. The first-order valence-corrected chi connectivity index (χ1v) is 7.92. The predicted molar refractivity (Wildman–Crippen MR) is 97.9 cm³/mol. The molecule has 0 unspecified atom stereocenters. The maximum atomic E-state index is 9.13. The van der Waals surface area contributed by atoms with Crippen molar-refractivity contribution in [1.82, 2.24) is 10.1 Å². The number of nitrogens with zero attached hydrogens (tertiary/aromatic N) is 3. The summed E-state index contributed by atoms with van der Waals surface area (Å²) in [7, 11) is 1.82. The van der Waals surface area contributed by atoms with E-state index >= 15 is 0 Å². The third-order valence-corrected chi connectivity index (χ3v) is 4.08. The van der Waals surface area contributed by atoms with E-state index in [2.05, 4.69) is 26.8 Å². The van der Waals surface area contributed by atoms with Crippen LogP contribution in [-0.2, 0) is 0 Å². The fourth-order valence-electron chi connectivity index (χ4n) is 2.76. The predicted octanol–water partition coefficient (Wildman–Crippen LogP) is 4.32. The highest BCUT2D eigenvalue weighted by Gasteiger charge is 2.14. The third kappa shape index (κ3) is 3.17. The van der Waals surface area contributed by atoms with Gasteiger partial charge in [0.1, 0.15) is 11.6 Å². The van der Waals surface area contributed by atoms with Crippen molar-refractivity contribution in [2.24, 2.45) is 0 Å². The van der Waals surface area contributed by atoms with Crippen LogP contribution in [0.1, 0.15) is 22.6 Å². The average Bonchev–Trinajstić information content (AvgIpc) is 2.95. The lowest BCUT2D eigenvalue weighted by Crippen LogP contribution is -2.01. The molecule has 2 aromatic heterocycles. The lowest BCUT2D eigenvalue weighted by Gasteiger charge is -2.14. The highest BCUT2D eigenvalue weighted by atomic mass is 16.5. The minimum atomic E-state index is 0.606. The molecule has 6 nitrogen and oxygen atoms in total. The van der Waals surface area contributed by atoms with Gasteiger partial charge in [0, 0.05) is 30.1 Å². The van der Waals surface area contributed by atoms with E-state index < -0.39 is 0 Å². The maximum Gasteiger partial charge on any atom is 0.149 e. The van der Waals surface area contributed by atoms with Crippen LogP contribution in [0.2, 0.25) is 0 Å². The van der Waals surface area contributed by atoms with Gasteiger partial charge in [0.25, 0.3) is 0 Å². The van der Waals surface area contributed by atoms with E-state index in [1.807, 2.05) is 46.0 Å². The van der Waals surface area contributed by atoms with E-state index in [-0.39, 0.29) is 0 Å². The van der Waals surface area contributed by atoms with Crippen LogP contribution in [0, 0.1) is 32.1 Å². The molecule has 6 heteroatoms. The first kappa shape index (κ1) is 16.5. The molecule has 2 N–H and O–H groups in total. The molecule has 0 aliphatic carbocycles. The molecule has 0 radical (unpaired) electrons. The molecule has 0 saturated carbocycles. The van der Waals surface area contributed by atoms with Crippen molar-refractivity contribution in [3.63, 3.8) is 0 Å². The van der Waals surface area contributed by atoms with Gasteiger partial charge >= 0.3 is 0 Å². The van der Waals surface area contributed by atoms with Gasteiger partial charge in [0.15, 0.2) is 0 Å². The lowest BCUT2D eigenvalue weighted by atomic mass is 10.1. The first-order valence-electron chi connectivity index (χ1n) is 7.92. The van der Waals surface area contributed by atoms with Gasteiger partial charge in [-0.2, -0.15) is 5.26 Å². The average molecular weight is 333 g/mol. The summed E-state index contributed by atoms with van der Waals surface area (Å²) < 4.78 is 5.26. The Kier molecular flexibility index (Phi) is 4.40. The SMILES string of the molecule is CNc1ncc(-c2c(C)noc2C)cc1Nc1cc(C#N)ccc1C. The molecule has 0 amide bonds. The van der Waals surface area contributed by atoms with E-state index in [4.69, 9.17) is 9.78 Å². The topological polar surface area (TPSA) is 86.8 Å². The number of hydrogen-bond acceptors (Lipinski definition) is 6. The number of benzene rings is 1. The van der Waals surface area contributed by atoms with Gasteiger partial charge in [0.2, 0.25) is 0 Å². The maximum absolute atomic E-state index is 9.13. The number of rotatable bonds is 4. The fourth-order valence-corrected chi connectivity index (χ4v) is 2.76. The van der Waals surface area contributed by atoms with Crippen molar-refractivity contribution in [3.8, 4) is 17.2 Å². The van der Waals surface area contributed by atoms with Crippen molar-refractivity contribution in [2.75, 3.05) is 17.7 Å². The summed E-state index contributed by atoms with van der Waals surface area (Å²) >= 11 is 0. The third-order valence-electron chi connectivity index (χ3n) is 4.08. The van der Waals surface area contributed by atoms with Gasteiger partial charge in [-0.3, -0.25) is 0 Å². The van der Waals surface area contributed by atoms with Crippen LogP contribution in [0.25, 0.3) is 11.1 Å². The second-order valence-corrected chi connectivity index (χ2v) is 5.84. The molecule has 0 fully saturated rings. The molecule has 0 spiro atoms. The van der Waals surface area contributed by atoms with Gasteiger partial charge in [-0.05, 0) is 44.5 Å². The number of nitrogens with one attached hydrogen (secondary N) is 2. The number of anilines is 3. The number of aromatic nitrogens is 2. The van der Waals surface area contributed by atoms with E-state index in [1.165, 1.54) is 0 Å². The number of aryl methyl sites for hydroxylation is 3. The largest absolute Gasteiger partial charge is 0.371 e. The summed E-state index contributed by atoms with van der Waals surface area (Å²) in [5.41, 5.74) is 6.03. The zero-order valence-corrected chi connectivity index (χ0v) is 14.6. The molecular formula is C19H19N5O. The standard InChI is InChI=1S/C19H19N5O/c1-11-5-6-14(9-20)7-16(11)23-17-8-15(10-22-19(17)21-4)18-12(2)24-25-13(18)3/h5-8,10,23H,1-4H3,(H,21,22). The summed E-state index contributed by atoms with van der Waals surface area (Å²) in [6.45, 7) is 5.79. The molecule has 0 atom stereocenters. The van der Waals surface area contributed by atoms with Crippen LogP contribution in [0.3, 0.4) is 0 Å². The first-order chi connectivity index (χ1) is 12.0. The minimum absolute atomic E-state index is 0.606. The highest BCUT2D eigenvalue weighted by molar-refractivity contribution is 5.79. The van der Waals surface area contributed by atoms with Gasteiger partial charge in [-0.1, -0.05) is 11.2 Å². The van der Waals surface area contributed by atoms with Crippen LogP contribution in [0.4, 0.5) is 17.2 Å². The summed E-state index contributed by atoms with van der Waals surface area (Å²) in [6, 6.07) is 9.73. The number of hydrogen-bond donors (Lipinski definition) is 2. The summed E-state index contributed by atoms with van der Waals surface area (Å²) in [5.74, 6) is 1.47. The van der Waals surface area contributed by atoms with Crippen LogP contribution in [-0.4, -0.2) is 17.2 Å². The normalized spacial score (nSPS) is 10.4. The van der Waals surface area contributed by atoms with Crippen LogP contribution >= 0.6 is 0 Å². The van der Waals surface area contributed by atoms with E-state index in [0.717, 1.165) is 45.3 Å². The Morgan fingerprint density at radius 2 is 1.92 bits per heavy atom. The molecule has 25 heavy (non-hydrogen) atoms. The quantitative estimate of drug-likeness (QED) is 0.739. The molecule has 0 bridgehead atoms. The summed E-state index contributed by atoms with van der Waals surface area (Å²) in [4.78, 5) is 4.50. The second-order valence-electron chi connectivity index (χ2n) is 5.84. The van der Waals surface area contributed by atoms with E-state index in [9.17, 15) is 0 Å². The lowest BCUT2D eigenvalue weighted by molar-refractivity contribution is 0.393. The van der Waals surface area contributed by atoms with E-state index in [1.54, 1.807) is 12.3 Å². The molecule has 0 aliphatic heterocycles. The second kappa shape index (κ2) is 6.65. The Labute approximate surface area is 146 Å². The molecule has 0 aliphatic rings. The minimum Gasteiger partial charge on any atom is -0.371 e. The molecule has 1 aromatic carbocycles. The van der Waals surface area contributed by atoms with Gasteiger partial charge in [-0.25, -0.2) is 4.98 Å². The highest BCUT2D eigenvalue weighted by Crippen LogP contribution is 2.33. The number of pyridine rings is 1. The smallest absolute Gasteiger partial charge is 0.149 e. The Morgan fingerprint density at radius 1 is 1.12 bits per heavy atom. The zero-order chi connectivity index (χ0) is 18.0. The molecular weight excluding hydrogens is 314 g/mol. The molecule has 2 heterocycles. The van der Waals surface area contributed by atoms with Crippen LogP contribution < -0.4 is 10.6 Å². The van der Waals surface area contributed by atoms with E-state index in [0.29, 0.717) is 5.56 Å². The van der Waals surface area contributed by atoms with Crippen molar-refractivity contribution in [2.45, 2.75) is 20.8 Å². The Morgan fingerprint density at radius 3 is 2.56 bits per heavy atom. The Hall–Kier alpha value is -3.33. The van der Waals surface area contributed by atoms with Gasteiger partial charge in [-0.15, -0.1) is 0 Å². The Bertz CT molecular complexity index is 949. The Balaban J connectivity index is 2.07. The molecule has 3 aromatic rings. The van der Waals surface area contributed by atoms with Crippen LogP contribution in [0.5, 0.6) is 0 Å². The molecule has 0 saturated heterocycles. The van der Waals surface area contributed by atoms with Crippen molar-refractivity contribution >= 4 is 17.2 Å². The van der Waals surface area contributed by atoms with Gasteiger partial charge < -0.3 is 15.2 Å². The van der Waals surface area contributed by atoms with Crippen molar-refractivity contribution in [3.05, 3.63) is 53.0 Å². The van der Waals surface area contributed by atoms with Gasteiger partial charge in [0.05, 0.1) is 23.0 Å². The van der Waals surface area contributed by atoms with Crippen molar-refractivity contribution < 1.29 is 4.52 Å². The molecule has 3 rings (SSSR count). The van der Waals surface area contributed by atoms with Crippen molar-refractivity contribution in [1.29, 1.82) is 5.26 Å². The van der Waals surface area contributed by atoms with Crippen LogP contribution in [0.15, 0.2) is 35.0 Å². The molecule has 126 valence electrons. The number of nitriles is 1. The fraction of sp³-hybridized carbons (Fsp3) is 0.211. The summed E-state index contributed by atoms with van der Waals surface area (Å²) in [5, 5.41) is 19.6.